The molecule has 0 spiro atoms. The summed E-state index contributed by atoms with van der Waals surface area (Å²) in [5.74, 6) is 0.488. The third-order valence-electron chi connectivity index (χ3n) is 5.95. The monoisotopic (exact) mass is 432 g/mol. The standard InChI is InChI=1S/C26H29FN4O/c1-16-25-18(3)31(19(4)26(25)17(2)30-29-16)22-10-7-11-23(15-22)32-24(12-13-28-5)20-8-6-9-21(27)14-20/h6-11,14-15,24,28H,12-13H2,1-5H3/t24-/m1/s1. The summed E-state index contributed by atoms with van der Waals surface area (Å²) in [6, 6.07) is 14.7. The highest BCUT2D eigenvalue weighted by Gasteiger charge is 2.19. The average molecular weight is 433 g/mol. The number of halogens is 1. The van der Waals surface area contributed by atoms with Crippen LogP contribution in [0.3, 0.4) is 0 Å². The van der Waals surface area contributed by atoms with Crippen LogP contribution in [-0.2, 0) is 0 Å². The van der Waals surface area contributed by atoms with Gasteiger partial charge in [0.15, 0.2) is 0 Å². The minimum atomic E-state index is -0.257. The summed E-state index contributed by atoms with van der Waals surface area (Å²) in [5.41, 5.74) is 5.95. The number of hydrogen-bond acceptors (Lipinski definition) is 4. The van der Waals surface area contributed by atoms with Crippen molar-refractivity contribution in [2.24, 2.45) is 0 Å². The van der Waals surface area contributed by atoms with Crippen LogP contribution in [0.1, 0.15) is 40.9 Å². The maximum atomic E-state index is 13.8. The lowest BCUT2D eigenvalue weighted by molar-refractivity contribution is 0.194. The van der Waals surface area contributed by atoms with Crippen LogP contribution in [0.5, 0.6) is 5.75 Å². The lowest BCUT2D eigenvalue weighted by Gasteiger charge is -2.21. The molecule has 0 unspecified atom stereocenters. The lowest BCUT2D eigenvalue weighted by Crippen LogP contribution is -2.16. The van der Waals surface area contributed by atoms with E-state index in [2.05, 4.69) is 40.0 Å². The summed E-state index contributed by atoms with van der Waals surface area (Å²) in [6.07, 6.45) is 0.475. The molecule has 166 valence electrons. The molecule has 0 amide bonds. The molecule has 2 aromatic carbocycles. The normalized spacial score (nSPS) is 12.3. The van der Waals surface area contributed by atoms with Crippen LogP contribution in [0.25, 0.3) is 16.5 Å². The highest BCUT2D eigenvalue weighted by Crippen LogP contribution is 2.33. The quantitative estimate of drug-likeness (QED) is 0.418. The van der Waals surface area contributed by atoms with Crippen LogP contribution in [0.2, 0.25) is 0 Å². The van der Waals surface area contributed by atoms with Gasteiger partial charge in [-0.2, -0.15) is 10.2 Å². The molecule has 6 heteroatoms. The van der Waals surface area contributed by atoms with Gasteiger partial charge in [0, 0.05) is 40.3 Å². The molecule has 1 N–H and O–H groups in total. The summed E-state index contributed by atoms with van der Waals surface area (Å²) in [7, 11) is 1.90. The van der Waals surface area contributed by atoms with Crippen LogP contribution in [-0.4, -0.2) is 28.4 Å². The molecule has 0 saturated carbocycles. The molecule has 0 aliphatic rings. The number of rotatable bonds is 7. The van der Waals surface area contributed by atoms with Crippen molar-refractivity contribution in [1.29, 1.82) is 0 Å². The second-order valence-corrected chi connectivity index (χ2v) is 8.18. The molecule has 0 radical (unpaired) electrons. The molecule has 5 nitrogen and oxygen atoms in total. The molecule has 0 bridgehead atoms. The maximum Gasteiger partial charge on any atom is 0.125 e. The predicted octanol–water partition coefficient (Wildman–Crippen LogP) is 5.52. The van der Waals surface area contributed by atoms with Crippen molar-refractivity contribution >= 4 is 10.8 Å². The number of nitrogens with one attached hydrogen (secondary N) is 1. The Hall–Kier alpha value is -3.25. The zero-order chi connectivity index (χ0) is 22.8. The summed E-state index contributed by atoms with van der Waals surface area (Å²) in [6.45, 7) is 8.98. The third kappa shape index (κ3) is 4.10. The van der Waals surface area contributed by atoms with Gasteiger partial charge in [0.1, 0.15) is 17.7 Å². The van der Waals surface area contributed by atoms with Gasteiger partial charge in [0.05, 0.1) is 11.4 Å². The van der Waals surface area contributed by atoms with Gasteiger partial charge in [-0.25, -0.2) is 4.39 Å². The molecular formula is C26H29FN4O. The van der Waals surface area contributed by atoms with E-state index in [0.29, 0.717) is 0 Å². The highest BCUT2D eigenvalue weighted by molar-refractivity contribution is 5.92. The molecule has 1 atom stereocenters. The first kappa shape index (κ1) is 22.0. The minimum Gasteiger partial charge on any atom is -0.486 e. The van der Waals surface area contributed by atoms with Crippen LogP contribution < -0.4 is 10.1 Å². The van der Waals surface area contributed by atoms with Gasteiger partial charge in [-0.3, -0.25) is 0 Å². The number of hydrogen-bond donors (Lipinski definition) is 1. The molecule has 2 heterocycles. The lowest BCUT2D eigenvalue weighted by atomic mass is 10.1. The Bertz CT molecular complexity index is 1220. The van der Waals surface area contributed by atoms with E-state index in [4.69, 9.17) is 4.74 Å². The second-order valence-electron chi connectivity index (χ2n) is 8.18. The van der Waals surface area contributed by atoms with Gasteiger partial charge in [-0.05, 0) is 71.1 Å². The SMILES string of the molecule is CNCC[C@@H](Oc1cccc(-n2c(C)c3c(C)nnc(C)c3c2C)c1)c1cccc(F)c1. The number of aryl methyl sites for hydroxylation is 4. The van der Waals surface area contributed by atoms with Crippen LogP contribution in [0, 0.1) is 33.5 Å². The van der Waals surface area contributed by atoms with Crippen molar-refractivity contribution in [1.82, 2.24) is 20.1 Å². The fourth-order valence-electron chi connectivity index (χ4n) is 4.50. The summed E-state index contributed by atoms with van der Waals surface area (Å²) in [4.78, 5) is 0. The first-order valence-electron chi connectivity index (χ1n) is 10.9. The molecule has 0 saturated heterocycles. The van der Waals surface area contributed by atoms with Gasteiger partial charge in [-0.15, -0.1) is 0 Å². The molecular weight excluding hydrogens is 403 g/mol. The van der Waals surface area contributed by atoms with Crippen molar-refractivity contribution < 1.29 is 9.13 Å². The Morgan fingerprint density at radius 1 is 0.938 bits per heavy atom. The van der Waals surface area contributed by atoms with Crippen molar-refractivity contribution in [2.75, 3.05) is 13.6 Å². The Labute approximate surface area is 188 Å². The number of aromatic nitrogens is 3. The van der Waals surface area contributed by atoms with E-state index in [1.54, 1.807) is 12.1 Å². The smallest absolute Gasteiger partial charge is 0.125 e. The fraction of sp³-hybridized carbons (Fsp3) is 0.308. The minimum absolute atomic E-state index is 0.253. The highest BCUT2D eigenvalue weighted by atomic mass is 19.1. The topological polar surface area (TPSA) is 52.0 Å². The molecule has 0 fully saturated rings. The number of benzene rings is 2. The van der Waals surface area contributed by atoms with Gasteiger partial charge in [0.2, 0.25) is 0 Å². The molecule has 32 heavy (non-hydrogen) atoms. The van der Waals surface area contributed by atoms with Gasteiger partial charge < -0.3 is 14.6 Å². The van der Waals surface area contributed by atoms with E-state index in [1.165, 1.54) is 6.07 Å². The van der Waals surface area contributed by atoms with Crippen LogP contribution in [0.15, 0.2) is 48.5 Å². The molecule has 0 aliphatic heterocycles. The van der Waals surface area contributed by atoms with Crippen LogP contribution >= 0.6 is 0 Å². The van der Waals surface area contributed by atoms with Gasteiger partial charge in [-0.1, -0.05) is 18.2 Å². The van der Waals surface area contributed by atoms with Crippen molar-refractivity contribution in [3.05, 3.63) is 82.7 Å². The van der Waals surface area contributed by atoms with E-state index in [0.717, 1.165) is 63.5 Å². The van der Waals surface area contributed by atoms with E-state index >= 15 is 0 Å². The Kier molecular flexibility index (Phi) is 6.24. The molecule has 4 rings (SSSR count). The Balaban J connectivity index is 1.74. The second kappa shape index (κ2) is 9.09. The van der Waals surface area contributed by atoms with Gasteiger partial charge in [0.25, 0.3) is 0 Å². The summed E-state index contributed by atoms with van der Waals surface area (Å²) >= 11 is 0. The summed E-state index contributed by atoms with van der Waals surface area (Å²) < 4.78 is 22.4. The third-order valence-corrected chi connectivity index (χ3v) is 5.95. The first-order chi connectivity index (χ1) is 15.4. The zero-order valence-electron chi connectivity index (χ0n) is 19.2. The van der Waals surface area contributed by atoms with Gasteiger partial charge >= 0.3 is 0 Å². The first-order valence-corrected chi connectivity index (χ1v) is 10.9. The van der Waals surface area contributed by atoms with E-state index in [1.807, 2.05) is 45.2 Å². The predicted molar refractivity (Wildman–Crippen MR) is 126 cm³/mol. The number of fused-ring (bicyclic) bond motifs is 1. The van der Waals surface area contributed by atoms with E-state index in [-0.39, 0.29) is 11.9 Å². The fourth-order valence-corrected chi connectivity index (χ4v) is 4.50. The molecule has 0 aliphatic carbocycles. The number of nitrogens with zero attached hydrogens (tertiary/aromatic N) is 3. The Morgan fingerprint density at radius 2 is 1.59 bits per heavy atom. The van der Waals surface area contributed by atoms with Crippen molar-refractivity contribution in [3.8, 4) is 11.4 Å². The van der Waals surface area contributed by atoms with E-state index < -0.39 is 0 Å². The Morgan fingerprint density at radius 3 is 2.22 bits per heavy atom. The number of ether oxygens (including phenoxy) is 1. The van der Waals surface area contributed by atoms with Crippen molar-refractivity contribution in [3.63, 3.8) is 0 Å². The average Bonchev–Trinajstić information content (AvgIpc) is 3.05. The van der Waals surface area contributed by atoms with E-state index in [9.17, 15) is 4.39 Å². The maximum absolute atomic E-state index is 13.8. The molecule has 4 aromatic rings. The zero-order valence-corrected chi connectivity index (χ0v) is 19.2. The largest absolute Gasteiger partial charge is 0.486 e. The van der Waals surface area contributed by atoms with Crippen LogP contribution in [0.4, 0.5) is 4.39 Å². The summed E-state index contributed by atoms with van der Waals surface area (Å²) in [5, 5.41) is 14.1. The molecule has 2 aromatic heterocycles. The van der Waals surface area contributed by atoms with Crippen molar-refractivity contribution in [2.45, 2.75) is 40.2 Å².